The van der Waals surface area contributed by atoms with Crippen molar-refractivity contribution in [2.24, 2.45) is 5.92 Å². The van der Waals surface area contributed by atoms with Crippen LogP contribution in [0, 0.1) is 5.92 Å². The van der Waals surface area contributed by atoms with Crippen molar-refractivity contribution in [1.82, 2.24) is 10.2 Å². The number of hydrogen-bond donors (Lipinski definition) is 1. The molecule has 1 heterocycles. The maximum atomic E-state index is 4.18. The van der Waals surface area contributed by atoms with Crippen LogP contribution >= 0.6 is 9.24 Å². The first-order chi connectivity index (χ1) is 11.9. The Morgan fingerprint density at radius 1 is 1.28 bits per heavy atom. The number of allylic oxidation sites excluding steroid dienone is 1. The van der Waals surface area contributed by atoms with E-state index < -0.39 is 0 Å². The van der Waals surface area contributed by atoms with Gasteiger partial charge in [0, 0.05) is 24.3 Å². The quantitative estimate of drug-likeness (QED) is 0.337. The van der Waals surface area contributed by atoms with Crippen molar-refractivity contribution in [1.29, 1.82) is 0 Å². The summed E-state index contributed by atoms with van der Waals surface area (Å²) in [4.78, 5) is 2.50. The topological polar surface area (TPSA) is 15.3 Å². The van der Waals surface area contributed by atoms with Crippen LogP contribution in [0.5, 0.6) is 0 Å². The Balaban J connectivity index is 0.000000463. The van der Waals surface area contributed by atoms with E-state index in [9.17, 15) is 0 Å². The Morgan fingerprint density at radius 3 is 2.56 bits per heavy atom. The largest absolute Gasteiger partial charge is 0.391 e. The van der Waals surface area contributed by atoms with Crippen molar-refractivity contribution < 1.29 is 0 Å². The standard InChI is InChI=1S/C11H22NP.C11H23N/c1-10(6-9-13)12-8-5-4-7-11(12,2)3;1-4-8-11(3)9-6-7-10-12-5-2/h1,4-9,13H2,2-3H3;5,11-12H,2,4,6-10H2,1,3H3. The second kappa shape index (κ2) is 14.7. The molecule has 1 N–H and O–H groups in total. The lowest BCUT2D eigenvalue weighted by molar-refractivity contribution is 0.113. The fraction of sp³-hybridized carbons (Fsp3) is 0.818. The third-order valence-corrected chi connectivity index (χ3v) is 5.45. The third-order valence-electron chi connectivity index (χ3n) is 5.16. The third kappa shape index (κ3) is 11.7. The Bertz CT molecular complexity index is 352. The van der Waals surface area contributed by atoms with E-state index in [2.05, 4.69) is 60.3 Å². The molecule has 1 aliphatic heterocycles. The molecule has 3 heteroatoms. The highest BCUT2D eigenvalue weighted by atomic mass is 31.0. The second-order valence-electron chi connectivity index (χ2n) is 8.07. The summed E-state index contributed by atoms with van der Waals surface area (Å²) >= 11 is 0. The molecule has 0 radical (unpaired) electrons. The lowest BCUT2D eigenvalue weighted by Crippen LogP contribution is -2.46. The van der Waals surface area contributed by atoms with Crippen LogP contribution in [-0.4, -0.2) is 29.7 Å². The predicted octanol–water partition coefficient (Wildman–Crippen LogP) is 6.36. The zero-order chi connectivity index (χ0) is 19.1. The molecule has 2 unspecified atom stereocenters. The summed E-state index contributed by atoms with van der Waals surface area (Å²) in [5.41, 5.74) is 1.66. The van der Waals surface area contributed by atoms with Gasteiger partial charge in [0.15, 0.2) is 0 Å². The van der Waals surface area contributed by atoms with Crippen LogP contribution in [0.15, 0.2) is 25.1 Å². The first-order valence-electron chi connectivity index (χ1n) is 10.4. The predicted molar refractivity (Wildman–Crippen MR) is 119 cm³/mol. The summed E-state index contributed by atoms with van der Waals surface area (Å²) in [6.07, 6.45) is 14.8. The first-order valence-corrected chi connectivity index (χ1v) is 11.2. The van der Waals surface area contributed by atoms with E-state index in [0.29, 0.717) is 5.54 Å². The summed E-state index contributed by atoms with van der Waals surface area (Å²) in [5.74, 6) is 0.915. The lowest BCUT2D eigenvalue weighted by Gasteiger charge is -2.45. The van der Waals surface area contributed by atoms with Gasteiger partial charge in [-0.3, -0.25) is 0 Å². The van der Waals surface area contributed by atoms with Gasteiger partial charge in [0.05, 0.1) is 0 Å². The fourth-order valence-corrected chi connectivity index (χ4v) is 3.95. The van der Waals surface area contributed by atoms with Gasteiger partial charge in [-0.05, 0) is 64.2 Å². The normalized spacial score (nSPS) is 17.2. The minimum atomic E-state index is 0.342. The smallest absolute Gasteiger partial charge is 0.0342 e. The highest BCUT2D eigenvalue weighted by molar-refractivity contribution is 7.16. The van der Waals surface area contributed by atoms with E-state index in [1.807, 2.05) is 0 Å². The van der Waals surface area contributed by atoms with E-state index in [0.717, 1.165) is 25.0 Å². The van der Waals surface area contributed by atoms with E-state index >= 15 is 0 Å². The molecular weight excluding hydrogens is 323 g/mol. The van der Waals surface area contributed by atoms with Crippen LogP contribution in [0.1, 0.15) is 85.5 Å². The van der Waals surface area contributed by atoms with Crippen molar-refractivity contribution >= 4 is 9.24 Å². The van der Waals surface area contributed by atoms with Crippen molar-refractivity contribution in [3.8, 4) is 0 Å². The minimum absolute atomic E-state index is 0.342. The molecule has 0 aliphatic carbocycles. The van der Waals surface area contributed by atoms with Gasteiger partial charge in [-0.1, -0.05) is 52.7 Å². The molecule has 1 rings (SSSR count). The van der Waals surface area contributed by atoms with Gasteiger partial charge in [-0.25, -0.2) is 0 Å². The SMILES string of the molecule is C=C(CCP)N1CCCCC1(C)C.C=CNCCCCC(C)CCC. The fourth-order valence-electron chi connectivity index (χ4n) is 3.61. The Morgan fingerprint density at radius 2 is 2.00 bits per heavy atom. The maximum absolute atomic E-state index is 4.18. The number of nitrogens with zero attached hydrogens (tertiary/aromatic N) is 1. The van der Waals surface area contributed by atoms with Crippen LogP contribution in [0.2, 0.25) is 0 Å². The number of hydrogen-bond acceptors (Lipinski definition) is 2. The molecule has 0 aromatic heterocycles. The molecule has 0 spiro atoms. The van der Waals surface area contributed by atoms with Crippen LogP contribution in [-0.2, 0) is 0 Å². The summed E-state index contributed by atoms with van der Waals surface area (Å²) in [6.45, 7) is 19.4. The van der Waals surface area contributed by atoms with Crippen LogP contribution in [0.4, 0.5) is 0 Å². The van der Waals surface area contributed by atoms with E-state index in [1.165, 1.54) is 63.6 Å². The second-order valence-corrected chi connectivity index (χ2v) is 8.65. The Hall–Kier alpha value is -0.490. The van der Waals surface area contributed by atoms with Crippen molar-refractivity contribution in [3.05, 3.63) is 25.1 Å². The molecule has 0 aromatic rings. The van der Waals surface area contributed by atoms with Gasteiger partial charge in [-0.2, -0.15) is 0 Å². The van der Waals surface area contributed by atoms with Gasteiger partial charge in [0.2, 0.25) is 0 Å². The molecule has 0 bridgehead atoms. The molecule has 2 atom stereocenters. The summed E-state index contributed by atoms with van der Waals surface area (Å²) in [5, 5.41) is 3.12. The molecule has 1 aliphatic rings. The molecule has 1 saturated heterocycles. The van der Waals surface area contributed by atoms with Gasteiger partial charge < -0.3 is 10.2 Å². The molecule has 0 amide bonds. The van der Waals surface area contributed by atoms with Crippen LogP contribution in [0.25, 0.3) is 0 Å². The maximum Gasteiger partial charge on any atom is 0.0342 e. The molecule has 2 nitrogen and oxygen atoms in total. The highest BCUT2D eigenvalue weighted by Crippen LogP contribution is 2.31. The Kier molecular flexibility index (Phi) is 14.4. The monoisotopic (exact) mass is 368 g/mol. The van der Waals surface area contributed by atoms with Gasteiger partial charge >= 0.3 is 0 Å². The molecule has 0 aromatic carbocycles. The van der Waals surface area contributed by atoms with E-state index in [1.54, 1.807) is 6.20 Å². The molecule has 1 fully saturated rings. The molecule has 0 saturated carbocycles. The van der Waals surface area contributed by atoms with E-state index in [-0.39, 0.29) is 0 Å². The average molecular weight is 369 g/mol. The van der Waals surface area contributed by atoms with Crippen LogP contribution < -0.4 is 5.32 Å². The highest BCUT2D eigenvalue weighted by Gasteiger charge is 2.29. The molecule has 25 heavy (non-hydrogen) atoms. The van der Waals surface area contributed by atoms with Crippen molar-refractivity contribution in [2.45, 2.75) is 91.0 Å². The van der Waals surface area contributed by atoms with E-state index in [4.69, 9.17) is 0 Å². The zero-order valence-corrected chi connectivity index (χ0v) is 18.7. The Labute approximate surface area is 161 Å². The first kappa shape index (κ1) is 24.5. The average Bonchev–Trinajstić information content (AvgIpc) is 2.55. The van der Waals surface area contributed by atoms with Crippen LogP contribution in [0.3, 0.4) is 0 Å². The number of piperidine rings is 1. The number of unbranched alkanes of at least 4 members (excludes halogenated alkanes) is 1. The molecular formula is C22H45N2P. The summed E-state index contributed by atoms with van der Waals surface area (Å²) < 4.78 is 0. The number of likely N-dealkylation sites (tertiary alicyclic amines) is 1. The van der Waals surface area contributed by atoms with Gasteiger partial charge in [-0.15, -0.1) is 9.24 Å². The summed E-state index contributed by atoms with van der Waals surface area (Å²) in [7, 11) is 2.78. The number of rotatable bonds is 11. The summed E-state index contributed by atoms with van der Waals surface area (Å²) in [6, 6.07) is 0. The van der Waals surface area contributed by atoms with Gasteiger partial charge in [0.25, 0.3) is 0 Å². The van der Waals surface area contributed by atoms with Gasteiger partial charge in [0.1, 0.15) is 0 Å². The van der Waals surface area contributed by atoms with Crippen molar-refractivity contribution in [2.75, 3.05) is 19.3 Å². The lowest BCUT2D eigenvalue weighted by atomic mass is 9.90. The zero-order valence-electron chi connectivity index (χ0n) is 17.6. The minimum Gasteiger partial charge on any atom is -0.391 e. The number of nitrogens with one attached hydrogen (secondary N) is 1. The molecule has 148 valence electrons. The van der Waals surface area contributed by atoms with Crippen molar-refractivity contribution in [3.63, 3.8) is 0 Å².